The molecule has 0 amide bonds. The van der Waals surface area contributed by atoms with Crippen LogP contribution < -0.4 is 5.32 Å². The summed E-state index contributed by atoms with van der Waals surface area (Å²) in [7, 11) is 0. The van der Waals surface area contributed by atoms with Crippen molar-refractivity contribution in [2.75, 3.05) is 13.1 Å². The number of aromatic nitrogens is 2. The molecule has 1 unspecified atom stereocenters. The van der Waals surface area contributed by atoms with Crippen LogP contribution in [-0.4, -0.2) is 23.1 Å². The van der Waals surface area contributed by atoms with Crippen LogP contribution in [0.3, 0.4) is 0 Å². The predicted octanol–water partition coefficient (Wildman–Crippen LogP) is 2.81. The number of thiazole rings is 1. The van der Waals surface area contributed by atoms with Crippen LogP contribution in [0, 0.1) is 5.82 Å². The van der Waals surface area contributed by atoms with Crippen molar-refractivity contribution in [1.82, 2.24) is 15.3 Å². The van der Waals surface area contributed by atoms with Gasteiger partial charge in [0.25, 0.3) is 0 Å². The zero-order valence-corrected chi connectivity index (χ0v) is 10.7. The molecule has 0 aromatic carbocycles. The highest BCUT2D eigenvalue weighted by molar-refractivity contribution is 7.10. The van der Waals surface area contributed by atoms with Gasteiger partial charge in [0.15, 0.2) is 0 Å². The Labute approximate surface area is 109 Å². The third kappa shape index (κ3) is 2.42. The van der Waals surface area contributed by atoms with E-state index in [1.54, 1.807) is 17.4 Å². The summed E-state index contributed by atoms with van der Waals surface area (Å²) in [6, 6.07) is 3.09. The minimum atomic E-state index is -0.314. The van der Waals surface area contributed by atoms with E-state index in [9.17, 15) is 4.39 Å². The van der Waals surface area contributed by atoms with Crippen molar-refractivity contribution in [2.45, 2.75) is 18.8 Å². The van der Waals surface area contributed by atoms with Crippen molar-refractivity contribution in [2.24, 2.45) is 0 Å². The van der Waals surface area contributed by atoms with Crippen LogP contribution in [0.5, 0.6) is 0 Å². The van der Waals surface area contributed by atoms with Crippen LogP contribution in [0.2, 0.25) is 0 Å². The van der Waals surface area contributed by atoms with Crippen LogP contribution in [0.4, 0.5) is 4.39 Å². The lowest BCUT2D eigenvalue weighted by molar-refractivity contribution is 0.460. The van der Waals surface area contributed by atoms with Crippen molar-refractivity contribution < 1.29 is 4.39 Å². The van der Waals surface area contributed by atoms with Gasteiger partial charge in [-0.2, -0.15) is 0 Å². The number of rotatable bonds is 2. The Hall–Kier alpha value is -1.33. The number of piperidine rings is 1. The molecule has 5 heteroatoms. The van der Waals surface area contributed by atoms with E-state index in [0.29, 0.717) is 5.92 Å². The predicted molar refractivity (Wildman–Crippen MR) is 70.1 cm³/mol. The molecule has 1 fully saturated rings. The summed E-state index contributed by atoms with van der Waals surface area (Å²) in [4.78, 5) is 8.69. The first-order valence-electron chi connectivity index (χ1n) is 6.11. The van der Waals surface area contributed by atoms with Gasteiger partial charge < -0.3 is 5.32 Å². The zero-order chi connectivity index (χ0) is 12.4. The number of nitrogens with one attached hydrogen (secondary N) is 1. The third-order valence-corrected chi connectivity index (χ3v) is 4.17. The maximum Gasteiger partial charge on any atom is 0.141 e. The minimum Gasteiger partial charge on any atom is -0.316 e. The minimum absolute atomic E-state index is 0.314. The number of halogens is 1. The van der Waals surface area contributed by atoms with Crippen LogP contribution in [0.1, 0.15) is 23.8 Å². The van der Waals surface area contributed by atoms with Crippen molar-refractivity contribution in [1.29, 1.82) is 0 Å². The van der Waals surface area contributed by atoms with Gasteiger partial charge in [0, 0.05) is 17.8 Å². The van der Waals surface area contributed by atoms with Gasteiger partial charge in [-0.25, -0.2) is 9.37 Å². The van der Waals surface area contributed by atoms with Gasteiger partial charge in [-0.3, -0.25) is 4.98 Å². The largest absolute Gasteiger partial charge is 0.316 e. The second kappa shape index (κ2) is 5.12. The van der Waals surface area contributed by atoms with E-state index < -0.39 is 0 Å². The summed E-state index contributed by atoms with van der Waals surface area (Å²) >= 11 is 1.67. The van der Waals surface area contributed by atoms with Crippen molar-refractivity contribution in [3.8, 4) is 11.4 Å². The molecule has 0 bridgehead atoms. The smallest absolute Gasteiger partial charge is 0.141 e. The molecule has 0 spiro atoms. The fourth-order valence-corrected chi connectivity index (χ4v) is 3.13. The summed E-state index contributed by atoms with van der Waals surface area (Å²) in [5, 5.41) is 6.55. The lowest BCUT2D eigenvalue weighted by atomic mass is 10.0. The van der Waals surface area contributed by atoms with Gasteiger partial charge in [-0.05, 0) is 31.5 Å². The third-order valence-electron chi connectivity index (χ3n) is 3.16. The molecule has 1 aliphatic rings. The lowest BCUT2D eigenvalue weighted by Crippen LogP contribution is -2.28. The average molecular weight is 263 g/mol. The SMILES string of the molecule is Fc1ccc(-c2csc(C3CCCNC3)n2)nc1. The van der Waals surface area contributed by atoms with E-state index in [0.717, 1.165) is 29.5 Å². The molecule has 2 aromatic heterocycles. The van der Waals surface area contributed by atoms with E-state index in [2.05, 4.69) is 15.3 Å². The Bertz CT molecular complexity index is 517. The monoisotopic (exact) mass is 263 g/mol. The first kappa shape index (κ1) is 11.7. The van der Waals surface area contributed by atoms with E-state index in [1.807, 2.05) is 5.38 Å². The van der Waals surface area contributed by atoms with E-state index in [4.69, 9.17) is 0 Å². The Morgan fingerprint density at radius 2 is 2.28 bits per heavy atom. The lowest BCUT2D eigenvalue weighted by Gasteiger charge is -2.20. The quantitative estimate of drug-likeness (QED) is 0.905. The van der Waals surface area contributed by atoms with E-state index in [-0.39, 0.29) is 5.82 Å². The molecular formula is C13H14FN3S. The van der Waals surface area contributed by atoms with E-state index >= 15 is 0 Å². The highest BCUT2D eigenvalue weighted by Gasteiger charge is 2.18. The molecule has 3 rings (SSSR count). The van der Waals surface area contributed by atoms with Crippen molar-refractivity contribution in [3.63, 3.8) is 0 Å². The summed E-state index contributed by atoms with van der Waals surface area (Å²) in [5.74, 6) is 0.198. The summed E-state index contributed by atoms with van der Waals surface area (Å²) < 4.78 is 12.8. The van der Waals surface area contributed by atoms with Gasteiger partial charge in [0.2, 0.25) is 0 Å². The fraction of sp³-hybridized carbons (Fsp3) is 0.385. The van der Waals surface area contributed by atoms with Crippen molar-refractivity contribution in [3.05, 3.63) is 34.5 Å². The topological polar surface area (TPSA) is 37.8 Å². The highest BCUT2D eigenvalue weighted by Crippen LogP contribution is 2.29. The molecule has 3 heterocycles. The summed E-state index contributed by atoms with van der Waals surface area (Å²) in [5.41, 5.74) is 1.59. The molecule has 0 aliphatic carbocycles. The molecule has 1 aliphatic heterocycles. The van der Waals surface area contributed by atoms with Crippen LogP contribution >= 0.6 is 11.3 Å². The Morgan fingerprint density at radius 1 is 1.33 bits per heavy atom. The first-order chi connectivity index (χ1) is 8.83. The average Bonchev–Trinajstić information content (AvgIpc) is 2.90. The summed E-state index contributed by atoms with van der Waals surface area (Å²) in [6.45, 7) is 2.11. The normalized spacial score (nSPS) is 19.9. The van der Waals surface area contributed by atoms with Gasteiger partial charge in [0.1, 0.15) is 5.82 Å². The van der Waals surface area contributed by atoms with Gasteiger partial charge in [-0.1, -0.05) is 0 Å². The molecule has 18 heavy (non-hydrogen) atoms. The zero-order valence-electron chi connectivity index (χ0n) is 9.90. The van der Waals surface area contributed by atoms with Gasteiger partial charge in [0.05, 0.1) is 22.6 Å². The second-order valence-electron chi connectivity index (χ2n) is 4.48. The Balaban J connectivity index is 1.82. The van der Waals surface area contributed by atoms with Gasteiger partial charge in [-0.15, -0.1) is 11.3 Å². The van der Waals surface area contributed by atoms with Crippen LogP contribution in [0.25, 0.3) is 11.4 Å². The van der Waals surface area contributed by atoms with Gasteiger partial charge >= 0.3 is 0 Å². The molecule has 94 valence electrons. The molecule has 3 nitrogen and oxygen atoms in total. The van der Waals surface area contributed by atoms with Crippen LogP contribution in [0.15, 0.2) is 23.7 Å². The molecule has 0 saturated carbocycles. The molecule has 1 atom stereocenters. The molecular weight excluding hydrogens is 249 g/mol. The Kier molecular flexibility index (Phi) is 3.34. The van der Waals surface area contributed by atoms with Crippen LogP contribution in [-0.2, 0) is 0 Å². The molecule has 2 aromatic rings. The number of hydrogen-bond acceptors (Lipinski definition) is 4. The number of pyridine rings is 1. The number of hydrogen-bond donors (Lipinski definition) is 1. The summed E-state index contributed by atoms with van der Waals surface area (Å²) in [6.07, 6.45) is 3.63. The highest BCUT2D eigenvalue weighted by atomic mass is 32.1. The fourth-order valence-electron chi connectivity index (χ4n) is 2.18. The maximum absolute atomic E-state index is 12.8. The number of nitrogens with zero attached hydrogens (tertiary/aromatic N) is 2. The standard InChI is InChI=1S/C13H14FN3S/c14-10-3-4-11(16-7-10)12-8-18-13(17-12)9-2-1-5-15-6-9/h3-4,7-9,15H,1-2,5-6H2. The molecule has 1 saturated heterocycles. The van der Waals surface area contributed by atoms with E-state index in [1.165, 1.54) is 25.1 Å². The van der Waals surface area contributed by atoms with Crippen molar-refractivity contribution >= 4 is 11.3 Å². The molecule has 1 N–H and O–H groups in total. The maximum atomic E-state index is 12.8. The Morgan fingerprint density at radius 3 is 3.00 bits per heavy atom. The molecule has 0 radical (unpaired) electrons. The second-order valence-corrected chi connectivity index (χ2v) is 5.37. The first-order valence-corrected chi connectivity index (χ1v) is 6.99.